The molecule has 0 fully saturated rings. The van der Waals surface area contributed by atoms with E-state index >= 15 is 0 Å². The van der Waals surface area contributed by atoms with Crippen LogP contribution in [0.15, 0.2) is 12.3 Å². The monoisotopic (exact) mass is 325 g/mol. The van der Waals surface area contributed by atoms with Crippen molar-refractivity contribution < 1.29 is 13.2 Å². The van der Waals surface area contributed by atoms with Gasteiger partial charge in [0.2, 0.25) is 0 Å². The van der Waals surface area contributed by atoms with Gasteiger partial charge in [-0.25, -0.2) is 4.98 Å². The summed E-state index contributed by atoms with van der Waals surface area (Å²) in [7, 11) is 0. The molecule has 3 heterocycles. The summed E-state index contributed by atoms with van der Waals surface area (Å²) in [6, 6.07) is 1.68. The fraction of sp³-hybridized carbons (Fsp3) is 0.588. The number of nitrogens with zero attached hydrogens (tertiary/aromatic N) is 3. The number of pyridine rings is 1. The molecule has 0 bridgehead atoms. The van der Waals surface area contributed by atoms with Gasteiger partial charge in [-0.1, -0.05) is 13.8 Å². The molecule has 0 unspecified atom stereocenters. The molecule has 0 spiro atoms. The van der Waals surface area contributed by atoms with Gasteiger partial charge in [-0.15, -0.1) is 0 Å². The lowest BCUT2D eigenvalue weighted by atomic mass is 9.98. The van der Waals surface area contributed by atoms with Crippen molar-refractivity contribution >= 4 is 11.0 Å². The van der Waals surface area contributed by atoms with Crippen LogP contribution in [0, 0.1) is 0 Å². The van der Waals surface area contributed by atoms with Gasteiger partial charge in [0.25, 0.3) is 0 Å². The highest BCUT2D eigenvalue weighted by molar-refractivity contribution is 5.83. The molecule has 0 aliphatic carbocycles. The lowest BCUT2D eigenvalue weighted by Crippen LogP contribution is -2.38. The summed E-state index contributed by atoms with van der Waals surface area (Å²) < 4.78 is 41.2. The third-order valence-corrected chi connectivity index (χ3v) is 4.65. The van der Waals surface area contributed by atoms with Gasteiger partial charge in [0, 0.05) is 43.0 Å². The van der Waals surface area contributed by atoms with E-state index in [1.54, 1.807) is 0 Å². The van der Waals surface area contributed by atoms with Gasteiger partial charge in [-0.2, -0.15) is 13.2 Å². The smallest absolute Gasteiger partial charge is 0.327 e. The second-order valence-corrected chi connectivity index (χ2v) is 6.82. The molecular weight excluding hydrogens is 303 g/mol. The van der Waals surface area contributed by atoms with Gasteiger partial charge in [0.1, 0.15) is 5.65 Å². The van der Waals surface area contributed by atoms with Crippen molar-refractivity contribution in [2.24, 2.45) is 0 Å². The Bertz CT molecular complexity index is 729. The van der Waals surface area contributed by atoms with Crippen LogP contribution in [-0.4, -0.2) is 27.0 Å². The highest BCUT2D eigenvalue weighted by Crippen LogP contribution is 2.37. The van der Waals surface area contributed by atoms with E-state index in [9.17, 15) is 13.2 Å². The fourth-order valence-electron chi connectivity index (χ4n) is 3.45. The minimum absolute atomic E-state index is 0.158. The van der Waals surface area contributed by atoms with Crippen LogP contribution in [0.2, 0.25) is 0 Å². The molecule has 3 nitrogen and oxygen atoms in total. The van der Waals surface area contributed by atoms with Gasteiger partial charge >= 0.3 is 6.18 Å². The summed E-state index contributed by atoms with van der Waals surface area (Å²) in [6.45, 7) is 10.8. The summed E-state index contributed by atoms with van der Waals surface area (Å²) in [5, 5.41) is 0.649. The highest BCUT2D eigenvalue weighted by Gasteiger charge is 2.33. The topological polar surface area (TPSA) is 21.1 Å². The van der Waals surface area contributed by atoms with Gasteiger partial charge in [-0.3, -0.25) is 4.90 Å². The van der Waals surface area contributed by atoms with E-state index in [-0.39, 0.29) is 5.92 Å². The number of aromatic nitrogens is 2. The first kappa shape index (κ1) is 16.3. The minimum Gasteiger partial charge on any atom is -0.327 e. The van der Waals surface area contributed by atoms with E-state index in [1.807, 2.05) is 13.8 Å². The average molecular weight is 325 g/mol. The Morgan fingerprint density at radius 2 is 1.83 bits per heavy atom. The molecule has 1 aliphatic heterocycles. The molecule has 0 N–H and O–H groups in total. The predicted molar refractivity (Wildman–Crippen MR) is 84.4 cm³/mol. The predicted octanol–water partition coefficient (Wildman–Crippen LogP) is 4.40. The zero-order valence-corrected chi connectivity index (χ0v) is 13.9. The van der Waals surface area contributed by atoms with Crippen molar-refractivity contribution in [1.82, 2.24) is 14.5 Å². The van der Waals surface area contributed by atoms with Crippen LogP contribution in [-0.2, 0) is 19.3 Å². The number of hydrogen-bond donors (Lipinski definition) is 0. The van der Waals surface area contributed by atoms with E-state index in [2.05, 4.69) is 28.3 Å². The van der Waals surface area contributed by atoms with Crippen LogP contribution in [0.3, 0.4) is 0 Å². The molecule has 2 aromatic rings. The van der Waals surface area contributed by atoms with Crippen LogP contribution in [0.4, 0.5) is 13.2 Å². The summed E-state index contributed by atoms with van der Waals surface area (Å²) in [5.74, 6) is 0.158. The third kappa shape index (κ3) is 2.73. The Morgan fingerprint density at radius 3 is 2.39 bits per heavy atom. The van der Waals surface area contributed by atoms with Crippen molar-refractivity contribution in [1.29, 1.82) is 0 Å². The molecule has 3 rings (SSSR count). The summed E-state index contributed by atoms with van der Waals surface area (Å²) in [4.78, 5) is 6.51. The van der Waals surface area contributed by atoms with E-state index in [0.717, 1.165) is 37.1 Å². The maximum atomic E-state index is 13.0. The molecule has 0 atom stereocenters. The first-order valence-corrected chi connectivity index (χ1v) is 8.02. The van der Waals surface area contributed by atoms with Crippen molar-refractivity contribution in [2.75, 3.05) is 6.54 Å². The molecule has 2 aromatic heterocycles. The Kier molecular flexibility index (Phi) is 3.91. The van der Waals surface area contributed by atoms with Crippen LogP contribution >= 0.6 is 0 Å². The second-order valence-electron chi connectivity index (χ2n) is 6.82. The molecule has 23 heavy (non-hydrogen) atoms. The molecule has 0 aromatic carbocycles. The van der Waals surface area contributed by atoms with Crippen molar-refractivity contribution in [3.05, 3.63) is 29.1 Å². The summed E-state index contributed by atoms with van der Waals surface area (Å²) in [6.07, 6.45) is -3.41. The molecular formula is C17H22F3N3. The number of alkyl halides is 3. The molecule has 0 radical (unpaired) electrons. The standard InChI is InChI=1S/C17H22F3N3/c1-10(2)15-13-7-12(17(18,19)20)8-21-16(13)23-6-5-22(11(3)4)9-14(15)23/h7-8,10-11H,5-6,9H2,1-4H3. The zero-order chi connectivity index (χ0) is 16.9. The minimum atomic E-state index is -4.36. The Balaban J connectivity index is 2.21. The van der Waals surface area contributed by atoms with Crippen molar-refractivity contribution in [2.45, 2.75) is 58.9 Å². The molecule has 0 saturated carbocycles. The molecule has 0 saturated heterocycles. The maximum Gasteiger partial charge on any atom is 0.417 e. The third-order valence-electron chi connectivity index (χ3n) is 4.65. The lowest BCUT2D eigenvalue weighted by molar-refractivity contribution is -0.137. The maximum absolute atomic E-state index is 13.0. The second kappa shape index (κ2) is 5.51. The number of hydrogen-bond acceptors (Lipinski definition) is 2. The van der Waals surface area contributed by atoms with Crippen LogP contribution in [0.25, 0.3) is 11.0 Å². The Labute approximate surface area is 134 Å². The summed E-state index contributed by atoms with van der Waals surface area (Å²) >= 11 is 0. The van der Waals surface area contributed by atoms with Gasteiger partial charge in [0.05, 0.1) is 5.56 Å². The first-order valence-electron chi connectivity index (χ1n) is 8.02. The SMILES string of the molecule is CC(C)c1c2n(c3ncc(C(F)(F)F)cc13)CCN(C(C)C)C2. The molecule has 1 aliphatic rings. The van der Waals surface area contributed by atoms with E-state index < -0.39 is 11.7 Å². The van der Waals surface area contributed by atoms with Gasteiger partial charge in [0.15, 0.2) is 0 Å². The Morgan fingerprint density at radius 1 is 1.13 bits per heavy atom. The number of fused-ring (bicyclic) bond motifs is 3. The number of halogens is 3. The normalized spacial score (nSPS) is 16.6. The first-order chi connectivity index (χ1) is 10.7. The summed E-state index contributed by atoms with van der Waals surface area (Å²) in [5.41, 5.74) is 2.13. The average Bonchev–Trinajstić information content (AvgIpc) is 2.78. The lowest BCUT2D eigenvalue weighted by Gasteiger charge is -2.32. The van der Waals surface area contributed by atoms with E-state index in [1.165, 1.54) is 6.07 Å². The van der Waals surface area contributed by atoms with Crippen molar-refractivity contribution in [3.63, 3.8) is 0 Å². The zero-order valence-electron chi connectivity index (χ0n) is 13.9. The number of rotatable bonds is 2. The van der Waals surface area contributed by atoms with Gasteiger partial charge in [-0.05, 0) is 31.4 Å². The fourth-order valence-corrected chi connectivity index (χ4v) is 3.45. The van der Waals surface area contributed by atoms with Crippen LogP contribution in [0.1, 0.15) is 50.4 Å². The van der Waals surface area contributed by atoms with E-state index in [0.29, 0.717) is 17.1 Å². The van der Waals surface area contributed by atoms with Gasteiger partial charge < -0.3 is 4.57 Å². The van der Waals surface area contributed by atoms with E-state index in [4.69, 9.17) is 0 Å². The molecule has 0 amide bonds. The van der Waals surface area contributed by atoms with Crippen LogP contribution < -0.4 is 0 Å². The quantitative estimate of drug-likeness (QED) is 0.816. The largest absolute Gasteiger partial charge is 0.417 e. The van der Waals surface area contributed by atoms with Crippen LogP contribution in [0.5, 0.6) is 0 Å². The molecule has 126 valence electrons. The van der Waals surface area contributed by atoms with Crippen molar-refractivity contribution in [3.8, 4) is 0 Å². The molecule has 6 heteroatoms. The Hall–Kier alpha value is -1.56. The highest BCUT2D eigenvalue weighted by atomic mass is 19.4.